The van der Waals surface area contributed by atoms with Crippen molar-refractivity contribution in [3.8, 4) is 0 Å². The number of carbonyl (C=O) groups is 1. The highest BCUT2D eigenvalue weighted by atomic mass is 32.2. The van der Waals surface area contributed by atoms with Crippen molar-refractivity contribution in [2.24, 2.45) is 5.92 Å². The number of rotatable bonds is 4. The van der Waals surface area contributed by atoms with Crippen molar-refractivity contribution < 1.29 is 13.2 Å². The molecule has 1 heterocycles. The fourth-order valence-electron chi connectivity index (χ4n) is 3.53. The topological polar surface area (TPSA) is 57.7 Å². The Labute approximate surface area is 145 Å². The summed E-state index contributed by atoms with van der Waals surface area (Å²) in [4.78, 5) is 14.7. The van der Waals surface area contributed by atoms with Gasteiger partial charge in [-0.1, -0.05) is 13.0 Å². The Balaban J connectivity index is 2.35. The maximum Gasteiger partial charge on any atom is 0.246 e. The molecule has 2 rings (SSSR count). The first kappa shape index (κ1) is 18.8. The molecule has 1 aliphatic heterocycles. The molecule has 0 saturated carbocycles. The molecule has 0 radical (unpaired) electrons. The number of sulfonamides is 1. The highest BCUT2D eigenvalue weighted by Crippen LogP contribution is 2.25. The minimum atomic E-state index is -3.56. The number of benzene rings is 1. The quantitative estimate of drug-likeness (QED) is 0.837. The highest BCUT2D eigenvalue weighted by Gasteiger charge is 2.33. The number of likely N-dealkylation sites (tertiary alicyclic amines) is 1. The molecule has 2 atom stereocenters. The molecule has 1 aromatic rings. The van der Waals surface area contributed by atoms with E-state index in [-0.39, 0.29) is 5.91 Å². The summed E-state index contributed by atoms with van der Waals surface area (Å²) in [7, 11) is -3.56. The number of piperidine rings is 1. The molecule has 0 bridgehead atoms. The smallest absolute Gasteiger partial charge is 0.246 e. The van der Waals surface area contributed by atoms with Crippen LogP contribution in [0, 0.1) is 19.8 Å². The number of amides is 1. The van der Waals surface area contributed by atoms with Crippen molar-refractivity contribution in [3.05, 3.63) is 29.3 Å². The Morgan fingerprint density at radius 3 is 2.33 bits per heavy atom. The summed E-state index contributed by atoms with van der Waals surface area (Å²) in [5.41, 5.74) is 2.51. The van der Waals surface area contributed by atoms with Crippen molar-refractivity contribution in [2.45, 2.75) is 46.6 Å². The van der Waals surface area contributed by atoms with Crippen LogP contribution >= 0.6 is 0 Å². The number of nitrogens with zero attached hydrogens (tertiary/aromatic N) is 2. The van der Waals surface area contributed by atoms with Crippen LogP contribution in [0.1, 0.15) is 37.8 Å². The summed E-state index contributed by atoms with van der Waals surface area (Å²) in [5.74, 6) is 0.342. The van der Waals surface area contributed by atoms with Crippen LogP contribution in [0.2, 0.25) is 0 Å². The third kappa shape index (κ3) is 4.29. The third-order valence-electron chi connectivity index (χ3n) is 4.50. The van der Waals surface area contributed by atoms with E-state index in [1.807, 2.05) is 32.0 Å². The Hall–Kier alpha value is -1.56. The van der Waals surface area contributed by atoms with Gasteiger partial charge in [0.25, 0.3) is 0 Å². The van der Waals surface area contributed by atoms with E-state index in [1.54, 1.807) is 11.8 Å². The lowest BCUT2D eigenvalue weighted by atomic mass is 10.00. The summed E-state index contributed by atoms with van der Waals surface area (Å²) in [5, 5.41) is 0. The van der Waals surface area contributed by atoms with Crippen molar-refractivity contribution in [3.63, 3.8) is 0 Å². The normalized spacial score (nSPS) is 19.9. The fourth-order valence-corrected chi connectivity index (χ4v) is 4.69. The third-order valence-corrected chi connectivity index (χ3v) is 5.74. The Morgan fingerprint density at radius 1 is 1.25 bits per heavy atom. The van der Waals surface area contributed by atoms with Gasteiger partial charge >= 0.3 is 0 Å². The molecule has 1 aromatic carbocycles. The van der Waals surface area contributed by atoms with E-state index < -0.39 is 16.1 Å². The van der Waals surface area contributed by atoms with Gasteiger partial charge in [0.15, 0.2) is 0 Å². The lowest BCUT2D eigenvalue weighted by Crippen LogP contribution is -2.51. The minimum absolute atomic E-state index is 0.119. The largest absolute Gasteiger partial charge is 0.341 e. The molecule has 0 aliphatic carbocycles. The fraction of sp³-hybridized carbons (Fsp3) is 0.611. The van der Waals surface area contributed by atoms with E-state index in [0.717, 1.165) is 30.2 Å². The van der Waals surface area contributed by atoms with Gasteiger partial charge < -0.3 is 4.90 Å². The maximum atomic E-state index is 12.9. The van der Waals surface area contributed by atoms with Crippen LogP contribution in [0.5, 0.6) is 0 Å². The number of hydrogen-bond donors (Lipinski definition) is 0. The second-order valence-electron chi connectivity index (χ2n) is 7.11. The lowest BCUT2D eigenvalue weighted by molar-refractivity contribution is -0.133. The SMILES string of the molecule is Cc1cc(C)cc(N([C@@H](C)C(=O)N2CCC[C@@H](C)C2)S(C)(=O)=O)c1. The van der Waals surface area contributed by atoms with E-state index in [2.05, 4.69) is 6.92 Å². The van der Waals surface area contributed by atoms with Gasteiger partial charge in [-0.3, -0.25) is 9.10 Å². The molecule has 0 N–H and O–H groups in total. The van der Waals surface area contributed by atoms with Gasteiger partial charge in [0, 0.05) is 13.1 Å². The second kappa shape index (κ2) is 7.13. The van der Waals surface area contributed by atoms with Crippen LogP contribution in [0.4, 0.5) is 5.69 Å². The van der Waals surface area contributed by atoms with E-state index in [4.69, 9.17) is 0 Å². The van der Waals surface area contributed by atoms with E-state index in [1.165, 1.54) is 4.31 Å². The first-order valence-electron chi connectivity index (χ1n) is 8.46. The van der Waals surface area contributed by atoms with Gasteiger partial charge in [0.05, 0.1) is 11.9 Å². The molecular formula is C18H28N2O3S. The van der Waals surface area contributed by atoms with Gasteiger partial charge in [0.1, 0.15) is 6.04 Å². The molecule has 0 spiro atoms. The molecule has 1 aliphatic rings. The average Bonchev–Trinajstić information content (AvgIpc) is 2.44. The Kier molecular flexibility index (Phi) is 5.58. The van der Waals surface area contributed by atoms with Gasteiger partial charge in [-0.05, 0) is 62.8 Å². The molecule has 24 heavy (non-hydrogen) atoms. The summed E-state index contributed by atoms with van der Waals surface area (Å²) in [6, 6.07) is 4.88. The summed E-state index contributed by atoms with van der Waals surface area (Å²) >= 11 is 0. The average molecular weight is 353 g/mol. The molecule has 5 nitrogen and oxygen atoms in total. The van der Waals surface area contributed by atoms with Gasteiger partial charge in [0.2, 0.25) is 15.9 Å². The Bertz CT molecular complexity index is 695. The zero-order valence-electron chi connectivity index (χ0n) is 15.2. The van der Waals surface area contributed by atoms with Crippen molar-refractivity contribution in [2.75, 3.05) is 23.7 Å². The van der Waals surface area contributed by atoms with Gasteiger partial charge in [-0.15, -0.1) is 0 Å². The standard InChI is InChI=1S/C18H28N2O3S/c1-13-7-6-8-19(12-13)18(21)16(4)20(24(5,22)23)17-10-14(2)9-15(3)11-17/h9-11,13,16H,6-8,12H2,1-5H3/t13-,16+/m1/s1. The second-order valence-corrected chi connectivity index (χ2v) is 8.97. The first-order valence-corrected chi connectivity index (χ1v) is 10.3. The van der Waals surface area contributed by atoms with Crippen LogP contribution in [0.25, 0.3) is 0 Å². The van der Waals surface area contributed by atoms with E-state index in [9.17, 15) is 13.2 Å². The van der Waals surface area contributed by atoms with Crippen molar-refractivity contribution in [1.82, 2.24) is 4.90 Å². The lowest BCUT2D eigenvalue weighted by Gasteiger charge is -2.36. The zero-order chi connectivity index (χ0) is 18.1. The molecule has 1 fully saturated rings. The molecule has 6 heteroatoms. The van der Waals surface area contributed by atoms with E-state index in [0.29, 0.717) is 24.7 Å². The van der Waals surface area contributed by atoms with Gasteiger partial charge in [-0.2, -0.15) is 0 Å². The Morgan fingerprint density at radius 2 is 1.83 bits per heavy atom. The maximum absolute atomic E-state index is 12.9. The number of anilines is 1. The van der Waals surface area contributed by atoms with Crippen LogP contribution in [0.15, 0.2) is 18.2 Å². The predicted molar refractivity (Wildman–Crippen MR) is 97.7 cm³/mol. The van der Waals surface area contributed by atoms with Crippen LogP contribution < -0.4 is 4.31 Å². The van der Waals surface area contributed by atoms with Crippen LogP contribution in [0.3, 0.4) is 0 Å². The molecule has 0 aromatic heterocycles. The molecule has 0 unspecified atom stereocenters. The molecule has 134 valence electrons. The molecule has 1 saturated heterocycles. The summed E-state index contributed by atoms with van der Waals surface area (Å²) < 4.78 is 26.1. The molecular weight excluding hydrogens is 324 g/mol. The number of hydrogen-bond acceptors (Lipinski definition) is 3. The minimum Gasteiger partial charge on any atom is -0.341 e. The first-order chi connectivity index (χ1) is 11.1. The monoisotopic (exact) mass is 352 g/mol. The summed E-state index contributed by atoms with van der Waals surface area (Å²) in [6.07, 6.45) is 3.25. The summed E-state index contributed by atoms with van der Waals surface area (Å²) in [6.45, 7) is 9.07. The van der Waals surface area contributed by atoms with Crippen LogP contribution in [-0.2, 0) is 14.8 Å². The zero-order valence-corrected chi connectivity index (χ0v) is 16.1. The predicted octanol–water partition coefficient (Wildman–Crippen LogP) is 2.72. The van der Waals surface area contributed by atoms with Crippen LogP contribution in [-0.4, -0.2) is 44.6 Å². The number of carbonyl (C=O) groups excluding carboxylic acids is 1. The van der Waals surface area contributed by atoms with Crippen molar-refractivity contribution >= 4 is 21.6 Å². The number of aryl methyl sites for hydroxylation is 2. The van der Waals surface area contributed by atoms with Gasteiger partial charge in [-0.25, -0.2) is 8.42 Å². The van der Waals surface area contributed by atoms with E-state index >= 15 is 0 Å². The molecule has 1 amide bonds. The highest BCUT2D eigenvalue weighted by molar-refractivity contribution is 7.92. The van der Waals surface area contributed by atoms with Crippen molar-refractivity contribution in [1.29, 1.82) is 0 Å².